The fourth-order valence-electron chi connectivity index (χ4n) is 4.70. The average molecular weight is 486 g/mol. The van der Waals surface area contributed by atoms with Crippen molar-refractivity contribution in [1.29, 1.82) is 0 Å². The largest absolute Gasteiger partial charge is 0.478 e. The highest BCUT2D eigenvalue weighted by molar-refractivity contribution is 6.43. The lowest BCUT2D eigenvalue weighted by atomic mass is 10.1. The maximum atomic E-state index is 6.49. The van der Waals surface area contributed by atoms with Crippen molar-refractivity contribution >= 4 is 39.8 Å². The Kier molecular flexibility index (Phi) is 8.34. The summed E-state index contributed by atoms with van der Waals surface area (Å²) >= 11 is 12.7. The molecule has 1 fully saturated rings. The number of benzene rings is 2. The Labute approximate surface area is 207 Å². The lowest BCUT2D eigenvalue weighted by molar-refractivity contribution is 0.160. The van der Waals surface area contributed by atoms with E-state index < -0.39 is 0 Å². The average Bonchev–Trinajstić information content (AvgIpc) is 2.82. The molecule has 1 saturated heterocycles. The lowest BCUT2D eigenvalue weighted by Crippen LogP contribution is -2.53. The van der Waals surface area contributed by atoms with Gasteiger partial charge < -0.3 is 9.64 Å². The van der Waals surface area contributed by atoms with E-state index in [0.29, 0.717) is 28.6 Å². The molecule has 6 heteroatoms. The Morgan fingerprint density at radius 3 is 2.73 bits per heavy atom. The number of anilines is 1. The first-order valence-electron chi connectivity index (χ1n) is 12.0. The molecule has 33 heavy (non-hydrogen) atoms. The molecule has 0 saturated carbocycles. The number of halogens is 2. The highest BCUT2D eigenvalue weighted by Gasteiger charge is 2.27. The van der Waals surface area contributed by atoms with Gasteiger partial charge in [-0.3, -0.25) is 4.90 Å². The van der Waals surface area contributed by atoms with Crippen molar-refractivity contribution < 1.29 is 4.74 Å². The minimum absolute atomic E-state index is 0.532. The van der Waals surface area contributed by atoms with Gasteiger partial charge in [0.05, 0.1) is 27.9 Å². The third kappa shape index (κ3) is 5.92. The summed E-state index contributed by atoms with van der Waals surface area (Å²) in [5, 5.41) is 2.44. The fraction of sp³-hybridized carbons (Fsp3) is 0.444. The Morgan fingerprint density at radius 1 is 1.03 bits per heavy atom. The van der Waals surface area contributed by atoms with Gasteiger partial charge in [0.15, 0.2) is 0 Å². The smallest absolute Gasteiger partial charge is 0.213 e. The number of hydrogen-bond donors (Lipinski definition) is 0. The van der Waals surface area contributed by atoms with E-state index in [-0.39, 0.29) is 0 Å². The van der Waals surface area contributed by atoms with Crippen molar-refractivity contribution in [1.82, 2.24) is 9.88 Å². The lowest BCUT2D eigenvalue weighted by Gasteiger charge is -2.43. The molecular weight excluding hydrogens is 453 g/mol. The minimum Gasteiger partial charge on any atom is -0.478 e. The van der Waals surface area contributed by atoms with Crippen LogP contribution in [-0.4, -0.2) is 48.7 Å². The number of nitrogens with zero attached hydrogens (tertiary/aromatic N) is 3. The highest BCUT2D eigenvalue weighted by atomic mass is 35.5. The maximum absolute atomic E-state index is 6.49. The monoisotopic (exact) mass is 485 g/mol. The van der Waals surface area contributed by atoms with E-state index in [1.807, 2.05) is 18.2 Å². The molecule has 0 N–H and O–H groups in total. The maximum Gasteiger partial charge on any atom is 0.213 e. The van der Waals surface area contributed by atoms with Crippen LogP contribution in [-0.2, 0) is 0 Å². The minimum atomic E-state index is 0.532. The third-order valence-corrected chi connectivity index (χ3v) is 7.29. The van der Waals surface area contributed by atoms with Gasteiger partial charge in [-0.15, -0.1) is 0 Å². The van der Waals surface area contributed by atoms with E-state index in [1.165, 1.54) is 18.4 Å². The summed E-state index contributed by atoms with van der Waals surface area (Å²) in [5.74, 6) is 0.715. The number of rotatable bonds is 9. The summed E-state index contributed by atoms with van der Waals surface area (Å²) in [7, 11) is 0. The number of unbranched alkanes of at least 4 members (excludes halogenated alkanes) is 1. The standard InChI is InChI=1S/C27H33Cl2N3O/c1-3-8-22-19-32(24-12-7-11-23(28)26(24)29)17-16-31(22)15-4-5-18-33-25-14-13-21-10-6-9-20(2)27(21)30-25/h6-7,9-14,22H,3-5,8,15-19H2,1-2H3. The molecule has 2 aromatic carbocycles. The van der Waals surface area contributed by atoms with Crippen LogP contribution in [0.2, 0.25) is 10.0 Å². The number of hydrogen-bond acceptors (Lipinski definition) is 4. The molecule has 1 aliphatic heterocycles. The highest BCUT2D eigenvalue weighted by Crippen LogP contribution is 2.34. The predicted molar refractivity (Wildman–Crippen MR) is 140 cm³/mol. The van der Waals surface area contributed by atoms with Gasteiger partial charge >= 0.3 is 0 Å². The van der Waals surface area contributed by atoms with Gasteiger partial charge in [0.2, 0.25) is 5.88 Å². The Bertz CT molecular complexity index is 1070. The van der Waals surface area contributed by atoms with Crippen LogP contribution in [0, 0.1) is 6.92 Å². The third-order valence-electron chi connectivity index (χ3n) is 6.48. The molecule has 0 aliphatic carbocycles. The number of ether oxygens (including phenoxy) is 1. The molecule has 0 amide bonds. The van der Waals surface area contributed by atoms with Crippen LogP contribution in [0.1, 0.15) is 38.2 Å². The first-order chi connectivity index (χ1) is 16.1. The van der Waals surface area contributed by atoms with Gasteiger partial charge in [-0.1, -0.05) is 60.8 Å². The topological polar surface area (TPSA) is 28.6 Å². The molecule has 176 valence electrons. The van der Waals surface area contributed by atoms with Crippen molar-refractivity contribution in [3.8, 4) is 5.88 Å². The molecule has 1 unspecified atom stereocenters. The van der Waals surface area contributed by atoms with E-state index in [9.17, 15) is 0 Å². The van der Waals surface area contributed by atoms with Gasteiger partial charge in [-0.05, 0) is 56.5 Å². The number of para-hydroxylation sites is 1. The number of aryl methyl sites for hydroxylation is 1. The van der Waals surface area contributed by atoms with Crippen LogP contribution in [0.25, 0.3) is 10.9 Å². The van der Waals surface area contributed by atoms with Crippen LogP contribution in [0.3, 0.4) is 0 Å². The molecule has 4 nitrogen and oxygen atoms in total. The molecule has 1 aliphatic rings. The summed E-state index contributed by atoms with van der Waals surface area (Å²) < 4.78 is 5.97. The Balaban J connectivity index is 1.27. The van der Waals surface area contributed by atoms with E-state index in [1.54, 1.807) is 0 Å². The van der Waals surface area contributed by atoms with Crippen LogP contribution in [0.15, 0.2) is 48.5 Å². The van der Waals surface area contributed by atoms with Crippen LogP contribution < -0.4 is 9.64 Å². The van der Waals surface area contributed by atoms with Gasteiger partial charge in [0.1, 0.15) is 0 Å². The zero-order valence-electron chi connectivity index (χ0n) is 19.6. The Hall–Kier alpha value is -2.01. The molecule has 0 spiro atoms. The van der Waals surface area contributed by atoms with E-state index in [4.69, 9.17) is 32.9 Å². The molecular formula is C27H33Cl2N3O. The van der Waals surface area contributed by atoms with Crippen LogP contribution in [0.5, 0.6) is 5.88 Å². The summed E-state index contributed by atoms with van der Waals surface area (Å²) in [6.07, 6.45) is 4.50. The molecule has 3 aromatic rings. The number of pyridine rings is 1. The second-order valence-corrected chi connectivity index (χ2v) is 9.63. The fourth-order valence-corrected chi connectivity index (χ4v) is 5.12. The molecule has 1 aromatic heterocycles. The van der Waals surface area contributed by atoms with Crippen molar-refractivity contribution in [3.63, 3.8) is 0 Å². The summed E-state index contributed by atoms with van der Waals surface area (Å²) in [6.45, 7) is 9.14. The number of fused-ring (bicyclic) bond motifs is 1. The summed E-state index contributed by atoms with van der Waals surface area (Å²) in [4.78, 5) is 9.72. The first kappa shape index (κ1) is 24.1. The zero-order chi connectivity index (χ0) is 23.2. The van der Waals surface area contributed by atoms with Gasteiger partial charge in [-0.25, -0.2) is 4.98 Å². The summed E-state index contributed by atoms with van der Waals surface area (Å²) in [6, 6.07) is 16.7. The SMILES string of the molecule is CCCC1CN(c2cccc(Cl)c2Cl)CCN1CCCCOc1ccc2cccc(C)c2n1. The first-order valence-corrected chi connectivity index (χ1v) is 12.7. The van der Waals surface area contributed by atoms with E-state index in [0.717, 1.165) is 55.6 Å². The van der Waals surface area contributed by atoms with E-state index >= 15 is 0 Å². The second-order valence-electron chi connectivity index (χ2n) is 8.85. The Morgan fingerprint density at radius 2 is 1.88 bits per heavy atom. The van der Waals surface area contributed by atoms with Crippen molar-refractivity contribution in [2.75, 3.05) is 37.7 Å². The van der Waals surface area contributed by atoms with Gasteiger partial charge in [0, 0.05) is 37.1 Å². The van der Waals surface area contributed by atoms with E-state index in [2.05, 4.69) is 54.0 Å². The van der Waals surface area contributed by atoms with Crippen molar-refractivity contribution in [2.24, 2.45) is 0 Å². The molecule has 2 heterocycles. The van der Waals surface area contributed by atoms with Crippen LogP contribution in [0.4, 0.5) is 5.69 Å². The van der Waals surface area contributed by atoms with Crippen molar-refractivity contribution in [3.05, 3.63) is 64.1 Å². The van der Waals surface area contributed by atoms with Gasteiger partial charge in [-0.2, -0.15) is 0 Å². The van der Waals surface area contributed by atoms with Crippen LogP contribution >= 0.6 is 23.2 Å². The number of aromatic nitrogens is 1. The molecule has 0 bridgehead atoms. The molecule has 1 atom stereocenters. The van der Waals surface area contributed by atoms with Crippen molar-refractivity contribution in [2.45, 2.75) is 45.6 Å². The summed E-state index contributed by atoms with van der Waals surface area (Å²) in [5.41, 5.74) is 3.25. The second kappa shape index (κ2) is 11.4. The quantitative estimate of drug-likeness (QED) is 0.305. The molecule has 4 rings (SSSR count). The normalized spacial score (nSPS) is 17.0. The predicted octanol–water partition coefficient (Wildman–Crippen LogP) is 7.00. The van der Waals surface area contributed by atoms with Gasteiger partial charge in [0.25, 0.3) is 0 Å². The molecule has 0 radical (unpaired) electrons. The number of piperazine rings is 1. The zero-order valence-corrected chi connectivity index (χ0v) is 21.1.